The molecule has 214 valence electrons. The molecule has 0 saturated heterocycles. The van der Waals surface area contributed by atoms with Crippen LogP contribution < -0.4 is 21.1 Å². The zero-order valence-electron chi connectivity index (χ0n) is 23.2. The summed E-state index contributed by atoms with van der Waals surface area (Å²) in [6.07, 6.45) is 5.43. The molecule has 41 heavy (non-hydrogen) atoms. The molecule has 4 heterocycles. The number of pyridine rings is 2. The van der Waals surface area contributed by atoms with Crippen molar-refractivity contribution in [1.29, 1.82) is 0 Å². The summed E-state index contributed by atoms with van der Waals surface area (Å²) in [7, 11) is 3.09. The second-order valence-corrected chi connectivity index (χ2v) is 10.5. The second-order valence-electron chi connectivity index (χ2n) is 10.5. The quantitative estimate of drug-likeness (QED) is 0.339. The molecule has 0 aliphatic heterocycles. The summed E-state index contributed by atoms with van der Waals surface area (Å²) in [4.78, 5) is 53.5. The van der Waals surface area contributed by atoms with Crippen molar-refractivity contribution in [2.24, 2.45) is 0 Å². The highest BCUT2D eigenvalue weighted by atomic mass is 16.6. The van der Waals surface area contributed by atoms with Gasteiger partial charge in [0, 0.05) is 38.8 Å². The van der Waals surface area contributed by atoms with Crippen LogP contribution in [0.5, 0.6) is 0 Å². The first kappa shape index (κ1) is 27.7. The van der Waals surface area contributed by atoms with Gasteiger partial charge in [-0.2, -0.15) is 0 Å². The highest BCUT2D eigenvalue weighted by molar-refractivity contribution is 6.07. The molecule has 14 heteroatoms. The molecule has 4 aromatic heterocycles. The van der Waals surface area contributed by atoms with Gasteiger partial charge in [-0.25, -0.2) is 19.7 Å². The number of nitrogens with one attached hydrogen (secondary N) is 2. The summed E-state index contributed by atoms with van der Waals surface area (Å²) >= 11 is 0. The maximum atomic E-state index is 13.3. The lowest BCUT2D eigenvalue weighted by atomic mass is 9.89. The van der Waals surface area contributed by atoms with Gasteiger partial charge in [0.2, 0.25) is 11.7 Å². The van der Waals surface area contributed by atoms with Crippen LogP contribution in [0.15, 0.2) is 52.2 Å². The van der Waals surface area contributed by atoms with Crippen LogP contribution in [0, 0.1) is 0 Å². The van der Waals surface area contributed by atoms with E-state index in [9.17, 15) is 14.4 Å². The lowest BCUT2D eigenvalue weighted by molar-refractivity contribution is 0.00677. The van der Waals surface area contributed by atoms with Crippen LogP contribution in [0.25, 0.3) is 17.0 Å². The van der Waals surface area contributed by atoms with Gasteiger partial charge in [-0.3, -0.25) is 19.1 Å². The maximum absolute atomic E-state index is 13.3. The average Bonchev–Trinajstić information content (AvgIpc) is 3.35. The standard InChI is InChI=1S/C27H30N8O6/c1-27(2,3)40-26(38)34(4)17-14-19(30-16-8-6-13-35(24(16)37)25-28-11-7-12-29-25)32-21-20(17)33-41-22(21)23(36)31-15-9-10-18(15)39-5/h6-8,11-15,18H,9-10H2,1-5H3,(H,30,32)(H,31,36)/t15-,18-/m1/s1. The molecule has 1 fully saturated rings. The van der Waals surface area contributed by atoms with E-state index in [0.29, 0.717) is 0 Å². The van der Waals surface area contributed by atoms with E-state index in [2.05, 4.69) is 30.7 Å². The van der Waals surface area contributed by atoms with E-state index in [4.69, 9.17) is 14.0 Å². The zero-order chi connectivity index (χ0) is 29.3. The van der Waals surface area contributed by atoms with Crippen molar-refractivity contribution in [2.45, 2.75) is 51.4 Å². The van der Waals surface area contributed by atoms with E-state index < -0.39 is 23.2 Å². The van der Waals surface area contributed by atoms with Gasteiger partial charge in [0.15, 0.2) is 5.52 Å². The summed E-state index contributed by atoms with van der Waals surface area (Å²) in [5.41, 5.74) is -0.555. The third-order valence-corrected chi connectivity index (χ3v) is 6.46. The fourth-order valence-corrected chi connectivity index (χ4v) is 4.26. The SMILES string of the molecule is CO[C@@H]1CC[C@H]1NC(=O)c1onc2c(N(C)C(=O)OC(C)(C)C)cc(Nc3cccn(-c4ncccn4)c3=O)nc12. The molecule has 0 unspecified atom stereocenters. The number of aromatic nitrogens is 5. The molecule has 2 amide bonds. The summed E-state index contributed by atoms with van der Waals surface area (Å²) < 4.78 is 17.6. The van der Waals surface area contributed by atoms with Gasteiger partial charge in [0.25, 0.3) is 11.5 Å². The molecule has 0 spiro atoms. The minimum Gasteiger partial charge on any atom is -0.443 e. The van der Waals surface area contributed by atoms with Crippen molar-refractivity contribution >= 4 is 40.2 Å². The van der Waals surface area contributed by atoms with Crippen LogP contribution in [0.2, 0.25) is 0 Å². The average molecular weight is 563 g/mol. The van der Waals surface area contributed by atoms with Gasteiger partial charge < -0.3 is 24.6 Å². The van der Waals surface area contributed by atoms with E-state index >= 15 is 0 Å². The van der Waals surface area contributed by atoms with E-state index in [1.807, 2.05) is 0 Å². The van der Waals surface area contributed by atoms with Gasteiger partial charge in [-0.15, -0.1) is 0 Å². The Labute approximate surface area is 234 Å². The fourth-order valence-electron chi connectivity index (χ4n) is 4.26. The molecule has 1 aliphatic rings. The molecule has 1 aliphatic carbocycles. The number of amides is 2. The molecule has 0 radical (unpaired) electrons. The van der Waals surface area contributed by atoms with Crippen molar-refractivity contribution in [3.8, 4) is 5.95 Å². The molecule has 5 rings (SSSR count). The highest BCUT2D eigenvalue weighted by Crippen LogP contribution is 2.32. The van der Waals surface area contributed by atoms with Crippen LogP contribution in [-0.2, 0) is 9.47 Å². The van der Waals surface area contributed by atoms with Gasteiger partial charge in [0.05, 0.1) is 17.8 Å². The van der Waals surface area contributed by atoms with E-state index in [1.165, 1.54) is 41.2 Å². The van der Waals surface area contributed by atoms with Crippen molar-refractivity contribution < 1.29 is 23.6 Å². The Morgan fingerprint density at radius 1 is 1.15 bits per heavy atom. The minimum absolute atomic E-state index is 0.0915. The highest BCUT2D eigenvalue weighted by Gasteiger charge is 2.34. The largest absolute Gasteiger partial charge is 0.443 e. The van der Waals surface area contributed by atoms with Crippen molar-refractivity contribution in [1.82, 2.24) is 30.0 Å². The number of rotatable bonds is 7. The summed E-state index contributed by atoms with van der Waals surface area (Å²) in [6.45, 7) is 5.24. The molecule has 4 aromatic rings. The number of nitrogens with zero attached hydrogens (tertiary/aromatic N) is 6. The molecule has 2 N–H and O–H groups in total. The Balaban J connectivity index is 1.56. The van der Waals surface area contributed by atoms with Crippen molar-refractivity contribution in [3.05, 3.63) is 59.0 Å². The summed E-state index contributed by atoms with van der Waals surface area (Å²) in [5, 5.41) is 9.94. The molecule has 0 aromatic carbocycles. The number of carbonyl (C=O) groups is 2. The van der Waals surface area contributed by atoms with Crippen molar-refractivity contribution in [2.75, 3.05) is 24.4 Å². The van der Waals surface area contributed by atoms with Crippen LogP contribution in [-0.4, -0.2) is 68.6 Å². The van der Waals surface area contributed by atoms with E-state index in [0.717, 1.165) is 12.8 Å². The lowest BCUT2D eigenvalue weighted by Gasteiger charge is -2.35. The number of carbonyl (C=O) groups excluding carboxylic acids is 2. The Morgan fingerprint density at radius 3 is 2.56 bits per heavy atom. The van der Waals surface area contributed by atoms with Gasteiger partial charge >= 0.3 is 6.09 Å². The Hall–Kier alpha value is -4.85. The minimum atomic E-state index is -0.761. The Kier molecular flexibility index (Phi) is 7.41. The van der Waals surface area contributed by atoms with Gasteiger partial charge in [0.1, 0.15) is 22.6 Å². The Bertz CT molecular complexity index is 1640. The van der Waals surface area contributed by atoms with Crippen molar-refractivity contribution in [3.63, 3.8) is 0 Å². The number of anilines is 3. The number of hydrogen-bond acceptors (Lipinski definition) is 11. The molecular weight excluding hydrogens is 532 g/mol. The van der Waals surface area contributed by atoms with Crippen LogP contribution in [0.4, 0.5) is 22.0 Å². The topological polar surface area (TPSA) is 167 Å². The second kappa shape index (κ2) is 11.0. The first-order chi connectivity index (χ1) is 19.6. The van der Waals surface area contributed by atoms with Gasteiger partial charge in [-0.1, -0.05) is 5.16 Å². The summed E-state index contributed by atoms with van der Waals surface area (Å²) in [6, 6.07) is 6.19. The monoisotopic (exact) mass is 562 g/mol. The molecule has 14 nitrogen and oxygen atoms in total. The van der Waals surface area contributed by atoms with E-state index in [-0.39, 0.29) is 52.1 Å². The molecule has 0 bridgehead atoms. The Morgan fingerprint density at radius 2 is 1.90 bits per heavy atom. The van der Waals surface area contributed by atoms with Crippen LogP contribution in [0.1, 0.15) is 44.2 Å². The summed E-state index contributed by atoms with van der Waals surface area (Å²) in [5.74, 6) is -0.328. The maximum Gasteiger partial charge on any atom is 0.414 e. The zero-order valence-corrected chi connectivity index (χ0v) is 23.2. The predicted octanol–water partition coefficient (Wildman–Crippen LogP) is 3.19. The van der Waals surface area contributed by atoms with E-state index in [1.54, 1.807) is 46.1 Å². The lowest BCUT2D eigenvalue weighted by Crippen LogP contribution is -2.51. The number of ether oxygens (including phenoxy) is 2. The van der Waals surface area contributed by atoms with Gasteiger partial charge in [-0.05, 0) is 51.8 Å². The first-order valence-electron chi connectivity index (χ1n) is 12.9. The van der Waals surface area contributed by atoms with Crippen LogP contribution in [0.3, 0.4) is 0 Å². The number of methoxy groups -OCH3 is 1. The molecular formula is C27H30N8O6. The van der Waals surface area contributed by atoms with Crippen LogP contribution >= 0.6 is 0 Å². The predicted molar refractivity (Wildman–Crippen MR) is 149 cm³/mol. The smallest absolute Gasteiger partial charge is 0.414 e. The molecule has 1 saturated carbocycles. The third kappa shape index (κ3) is 5.72. The number of fused-ring (bicyclic) bond motifs is 1. The normalized spacial score (nSPS) is 16.6. The third-order valence-electron chi connectivity index (χ3n) is 6.46. The fraction of sp³-hybridized carbons (Fsp3) is 0.370. The molecule has 2 atom stereocenters. The first-order valence-corrected chi connectivity index (χ1v) is 12.9. The number of hydrogen-bond donors (Lipinski definition) is 2.